The van der Waals surface area contributed by atoms with Crippen molar-refractivity contribution in [2.45, 2.75) is 18.0 Å². The fourth-order valence-electron chi connectivity index (χ4n) is 1.85. The van der Waals surface area contributed by atoms with Crippen molar-refractivity contribution in [2.24, 2.45) is 0 Å². The Morgan fingerprint density at radius 1 is 1.27 bits per heavy atom. The number of anilines is 1. The molecule has 0 aliphatic carbocycles. The van der Waals surface area contributed by atoms with Crippen LogP contribution in [-0.4, -0.2) is 18.3 Å². The summed E-state index contributed by atoms with van der Waals surface area (Å²) in [6.07, 6.45) is -4.18. The number of hydrazine groups is 1. The maximum atomic E-state index is 12.6. The van der Waals surface area contributed by atoms with E-state index >= 15 is 0 Å². The third kappa shape index (κ3) is 4.39. The SMILES string of the molecule is Cc1ccc([N+](=O)[O-])cc1S(=O)(=O)NNc1ncc(C(F)(F)F)cc1Cl. The van der Waals surface area contributed by atoms with E-state index in [0.29, 0.717) is 12.3 Å². The molecule has 1 aromatic heterocycles. The van der Waals surface area contributed by atoms with Crippen LogP contribution in [0.1, 0.15) is 11.1 Å². The van der Waals surface area contributed by atoms with E-state index in [1.807, 2.05) is 4.83 Å². The van der Waals surface area contributed by atoms with Gasteiger partial charge >= 0.3 is 6.18 Å². The first-order valence-corrected chi connectivity index (χ1v) is 8.53. The molecule has 0 aliphatic rings. The number of nitro groups is 1. The van der Waals surface area contributed by atoms with Gasteiger partial charge in [-0.05, 0) is 18.6 Å². The lowest BCUT2D eigenvalue weighted by atomic mass is 10.2. The molecule has 0 saturated carbocycles. The van der Waals surface area contributed by atoms with Gasteiger partial charge in [-0.3, -0.25) is 15.5 Å². The minimum atomic E-state index is -4.66. The molecule has 0 bridgehead atoms. The number of aromatic nitrogens is 1. The van der Waals surface area contributed by atoms with Gasteiger partial charge in [0.15, 0.2) is 5.82 Å². The molecule has 8 nitrogen and oxygen atoms in total. The van der Waals surface area contributed by atoms with Gasteiger partial charge in [-0.15, -0.1) is 4.83 Å². The van der Waals surface area contributed by atoms with Crippen molar-refractivity contribution in [1.29, 1.82) is 0 Å². The number of alkyl halides is 3. The van der Waals surface area contributed by atoms with Crippen LogP contribution < -0.4 is 10.3 Å². The van der Waals surface area contributed by atoms with Crippen molar-refractivity contribution in [3.05, 3.63) is 56.7 Å². The number of aryl methyl sites for hydroxylation is 1. The van der Waals surface area contributed by atoms with Crippen LogP contribution in [0, 0.1) is 17.0 Å². The molecule has 0 unspecified atom stereocenters. The highest BCUT2D eigenvalue weighted by molar-refractivity contribution is 7.89. The van der Waals surface area contributed by atoms with Crippen molar-refractivity contribution in [3.63, 3.8) is 0 Å². The van der Waals surface area contributed by atoms with Crippen LogP contribution >= 0.6 is 11.6 Å². The Morgan fingerprint density at radius 3 is 2.46 bits per heavy atom. The number of benzene rings is 1. The van der Waals surface area contributed by atoms with Crippen molar-refractivity contribution in [3.8, 4) is 0 Å². The number of non-ortho nitro benzene ring substituents is 1. The van der Waals surface area contributed by atoms with E-state index < -0.39 is 37.4 Å². The largest absolute Gasteiger partial charge is 0.417 e. The van der Waals surface area contributed by atoms with Crippen LogP contribution in [0.3, 0.4) is 0 Å². The van der Waals surface area contributed by atoms with E-state index in [0.717, 1.165) is 12.1 Å². The third-order valence-electron chi connectivity index (χ3n) is 3.14. The zero-order valence-corrected chi connectivity index (χ0v) is 14.4. The van der Waals surface area contributed by atoms with Crippen LogP contribution in [-0.2, 0) is 16.2 Å². The number of pyridine rings is 1. The molecule has 1 aromatic carbocycles. The molecule has 140 valence electrons. The molecule has 0 saturated heterocycles. The molecular formula is C13H10ClF3N4O4S. The van der Waals surface area contributed by atoms with Crippen molar-refractivity contribution >= 4 is 33.1 Å². The fraction of sp³-hybridized carbons (Fsp3) is 0.154. The van der Waals surface area contributed by atoms with E-state index in [-0.39, 0.29) is 16.3 Å². The highest BCUT2D eigenvalue weighted by Crippen LogP contribution is 2.32. The van der Waals surface area contributed by atoms with Gasteiger partial charge in [0.2, 0.25) is 0 Å². The van der Waals surface area contributed by atoms with E-state index in [1.165, 1.54) is 13.0 Å². The standard InChI is InChI=1S/C13H10ClF3N4O4S/c1-7-2-3-9(21(22)23)5-11(7)26(24,25)20-19-12-10(14)4-8(6-18-12)13(15,16)17/h2-6,20H,1H3,(H,18,19). The highest BCUT2D eigenvalue weighted by atomic mass is 35.5. The number of sulfonamides is 1. The normalized spacial score (nSPS) is 12.0. The highest BCUT2D eigenvalue weighted by Gasteiger charge is 2.31. The number of halogens is 4. The van der Waals surface area contributed by atoms with E-state index in [2.05, 4.69) is 10.4 Å². The lowest BCUT2D eigenvalue weighted by Crippen LogP contribution is -2.30. The molecule has 2 rings (SSSR count). The minimum Gasteiger partial charge on any atom is -0.291 e. The summed E-state index contributed by atoms with van der Waals surface area (Å²) in [5, 5.41) is 10.3. The second-order valence-electron chi connectivity index (χ2n) is 4.99. The lowest BCUT2D eigenvalue weighted by Gasteiger charge is -2.13. The van der Waals surface area contributed by atoms with Crippen molar-refractivity contribution < 1.29 is 26.5 Å². The Labute approximate surface area is 150 Å². The van der Waals surface area contributed by atoms with Gasteiger partial charge in [0.25, 0.3) is 15.7 Å². The predicted molar refractivity (Wildman–Crippen MR) is 86.0 cm³/mol. The average Bonchev–Trinajstić information content (AvgIpc) is 2.52. The Morgan fingerprint density at radius 2 is 1.92 bits per heavy atom. The molecule has 26 heavy (non-hydrogen) atoms. The fourth-order valence-corrected chi connectivity index (χ4v) is 3.17. The van der Waals surface area contributed by atoms with Gasteiger partial charge in [0.1, 0.15) is 0 Å². The third-order valence-corrected chi connectivity index (χ3v) is 4.82. The van der Waals surface area contributed by atoms with E-state index in [4.69, 9.17) is 11.6 Å². The second kappa shape index (κ2) is 7.05. The smallest absolute Gasteiger partial charge is 0.291 e. The van der Waals surface area contributed by atoms with Crippen LogP contribution in [0.4, 0.5) is 24.7 Å². The summed E-state index contributed by atoms with van der Waals surface area (Å²) in [5.74, 6) is -0.369. The number of rotatable bonds is 5. The van der Waals surface area contributed by atoms with Crippen LogP contribution in [0.5, 0.6) is 0 Å². The monoisotopic (exact) mass is 410 g/mol. The first-order chi connectivity index (χ1) is 11.9. The summed E-state index contributed by atoms with van der Waals surface area (Å²) in [7, 11) is -4.29. The number of nitro benzene ring substituents is 1. The average molecular weight is 411 g/mol. The maximum absolute atomic E-state index is 12.6. The maximum Gasteiger partial charge on any atom is 0.417 e. The second-order valence-corrected chi connectivity index (χ2v) is 7.05. The van der Waals surface area contributed by atoms with Gasteiger partial charge in [-0.1, -0.05) is 17.7 Å². The Kier molecular flexibility index (Phi) is 5.39. The summed E-state index contributed by atoms with van der Waals surface area (Å²) < 4.78 is 62.3. The number of hydrogen-bond donors (Lipinski definition) is 2. The van der Waals surface area contributed by atoms with Gasteiger partial charge in [0.05, 0.1) is 20.4 Å². The molecule has 0 fully saturated rings. The Bertz CT molecular complexity index is 966. The van der Waals surface area contributed by atoms with Gasteiger partial charge < -0.3 is 0 Å². The molecular weight excluding hydrogens is 401 g/mol. The lowest BCUT2D eigenvalue weighted by molar-refractivity contribution is -0.385. The zero-order valence-electron chi connectivity index (χ0n) is 12.8. The predicted octanol–water partition coefficient (Wildman–Crippen LogP) is 3.28. The van der Waals surface area contributed by atoms with Gasteiger partial charge in [0, 0.05) is 18.3 Å². The molecule has 13 heteroatoms. The first kappa shape index (κ1) is 19.9. The minimum absolute atomic E-state index is 0.219. The molecule has 0 amide bonds. The number of hydrogen-bond acceptors (Lipinski definition) is 6. The van der Waals surface area contributed by atoms with Crippen LogP contribution in [0.2, 0.25) is 5.02 Å². The Balaban J connectivity index is 2.26. The van der Waals surface area contributed by atoms with Crippen LogP contribution in [0.25, 0.3) is 0 Å². The summed E-state index contributed by atoms with van der Waals surface area (Å²) in [6.45, 7) is 1.42. The van der Waals surface area contributed by atoms with Gasteiger partial charge in [-0.2, -0.15) is 13.2 Å². The molecule has 2 aromatic rings. The quantitative estimate of drug-likeness (QED) is 0.577. The molecule has 0 aliphatic heterocycles. The zero-order chi connectivity index (χ0) is 19.7. The summed E-state index contributed by atoms with van der Waals surface area (Å²) in [5.41, 5.74) is 0.758. The van der Waals surface area contributed by atoms with Crippen molar-refractivity contribution in [1.82, 2.24) is 9.82 Å². The molecule has 0 radical (unpaired) electrons. The first-order valence-electron chi connectivity index (χ1n) is 6.67. The topological polar surface area (TPSA) is 114 Å². The number of nitrogens with one attached hydrogen (secondary N) is 2. The van der Waals surface area contributed by atoms with Crippen molar-refractivity contribution in [2.75, 3.05) is 5.43 Å². The molecule has 1 heterocycles. The van der Waals surface area contributed by atoms with Crippen LogP contribution in [0.15, 0.2) is 35.4 Å². The molecule has 0 atom stereocenters. The summed E-state index contributed by atoms with van der Waals surface area (Å²) in [4.78, 5) is 14.9. The Hall–Kier alpha value is -2.44. The van der Waals surface area contributed by atoms with E-state index in [1.54, 1.807) is 0 Å². The summed E-state index contributed by atoms with van der Waals surface area (Å²) in [6, 6.07) is 3.80. The van der Waals surface area contributed by atoms with E-state index in [9.17, 15) is 31.7 Å². The molecule has 2 N–H and O–H groups in total. The summed E-state index contributed by atoms with van der Waals surface area (Å²) >= 11 is 5.66. The number of nitrogens with zero attached hydrogens (tertiary/aromatic N) is 2. The van der Waals surface area contributed by atoms with Gasteiger partial charge in [-0.25, -0.2) is 13.4 Å². The molecule has 0 spiro atoms.